The first-order valence-corrected chi connectivity index (χ1v) is 12.0. The lowest BCUT2D eigenvalue weighted by Gasteiger charge is -2.36. The summed E-state index contributed by atoms with van der Waals surface area (Å²) in [6.45, 7) is 0. The summed E-state index contributed by atoms with van der Waals surface area (Å²) in [6.07, 6.45) is 9.05. The van der Waals surface area contributed by atoms with E-state index in [0.717, 1.165) is 34.7 Å². The number of fused-ring (bicyclic) bond motifs is 3. The van der Waals surface area contributed by atoms with Crippen LogP contribution in [0.15, 0.2) is 41.5 Å². The van der Waals surface area contributed by atoms with E-state index in [1.54, 1.807) is 10.9 Å². The number of aromatic nitrogens is 2. The van der Waals surface area contributed by atoms with E-state index in [-0.39, 0.29) is 11.7 Å². The van der Waals surface area contributed by atoms with Gasteiger partial charge in [0.05, 0.1) is 16.1 Å². The van der Waals surface area contributed by atoms with E-state index in [9.17, 15) is 4.79 Å². The van der Waals surface area contributed by atoms with Crippen LogP contribution in [0.1, 0.15) is 43.4 Å². The van der Waals surface area contributed by atoms with Gasteiger partial charge in [0.1, 0.15) is 22.9 Å². The molecule has 6 rings (SSSR count). The molecule has 0 radical (unpaired) electrons. The fourth-order valence-electron chi connectivity index (χ4n) is 4.89. The van der Waals surface area contributed by atoms with Gasteiger partial charge < -0.3 is 9.64 Å². The minimum absolute atomic E-state index is 0.0463. The molecule has 3 aromatic rings. The highest BCUT2D eigenvalue weighted by molar-refractivity contribution is 7.19. The number of thiophene rings is 1. The Labute approximate surface area is 185 Å². The van der Waals surface area contributed by atoms with Gasteiger partial charge in [-0.1, -0.05) is 11.8 Å². The van der Waals surface area contributed by atoms with Gasteiger partial charge in [0, 0.05) is 18.0 Å². The van der Waals surface area contributed by atoms with Crippen molar-refractivity contribution in [2.75, 3.05) is 7.05 Å². The molecule has 2 aromatic heterocycles. The smallest absolute Gasteiger partial charge is 0.275 e. The molecule has 158 valence electrons. The van der Waals surface area contributed by atoms with Gasteiger partial charge in [-0.2, -0.15) is 0 Å². The standard InChI is InChI=1S/C25H25N3O2S/c1-27-18-5-6-19(27)13-21(12-18)30-20-9-7-17(8-10-20)28-15-26-23-14-22(11-4-16-2-3-16)31-24(23)25(28)29/h7-10,14-16,18-19,21H,2-3,5-6,12-13H2,1H3/t18-,19+,21?. The third-order valence-corrected chi connectivity index (χ3v) is 7.91. The lowest BCUT2D eigenvalue weighted by atomic mass is 10.0. The molecule has 2 aliphatic heterocycles. The summed E-state index contributed by atoms with van der Waals surface area (Å²) in [5.41, 5.74) is 1.48. The van der Waals surface area contributed by atoms with Crippen LogP contribution in [-0.2, 0) is 0 Å². The van der Waals surface area contributed by atoms with Crippen LogP contribution >= 0.6 is 11.3 Å². The zero-order valence-corrected chi connectivity index (χ0v) is 18.4. The zero-order chi connectivity index (χ0) is 20.9. The average molecular weight is 432 g/mol. The van der Waals surface area contributed by atoms with E-state index in [2.05, 4.69) is 28.8 Å². The van der Waals surface area contributed by atoms with Gasteiger partial charge in [0.15, 0.2) is 0 Å². The Bertz CT molecular complexity index is 1230. The van der Waals surface area contributed by atoms with Crippen LogP contribution in [0, 0.1) is 17.8 Å². The van der Waals surface area contributed by atoms with Crippen molar-refractivity contribution < 1.29 is 4.74 Å². The molecule has 3 aliphatic rings. The molecular weight excluding hydrogens is 406 g/mol. The first-order chi connectivity index (χ1) is 15.1. The quantitative estimate of drug-likeness (QED) is 0.583. The second kappa shape index (κ2) is 7.51. The molecule has 0 spiro atoms. The summed E-state index contributed by atoms with van der Waals surface area (Å²) >= 11 is 1.44. The normalized spacial score (nSPS) is 25.4. The fourth-order valence-corrected chi connectivity index (χ4v) is 5.80. The molecule has 1 saturated carbocycles. The van der Waals surface area contributed by atoms with Crippen molar-refractivity contribution in [3.05, 3.63) is 51.9 Å². The molecule has 1 aliphatic carbocycles. The first-order valence-electron chi connectivity index (χ1n) is 11.2. The Hall–Kier alpha value is -2.62. The average Bonchev–Trinajstić information content (AvgIpc) is 3.47. The number of nitrogens with zero attached hydrogens (tertiary/aromatic N) is 3. The summed E-state index contributed by atoms with van der Waals surface area (Å²) in [5.74, 6) is 7.87. The third-order valence-electron chi connectivity index (χ3n) is 6.89. The fraction of sp³-hybridized carbons (Fsp3) is 0.440. The number of hydrogen-bond donors (Lipinski definition) is 0. The van der Waals surface area contributed by atoms with Crippen LogP contribution in [0.2, 0.25) is 0 Å². The van der Waals surface area contributed by atoms with Gasteiger partial charge in [-0.15, -0.1) is 11.3 Å². The van der Waals surface area contributed by atoms with Crippen LogP contribution < -0.4 is 10.3 Å². The topological polar surface area (TPSA) is 47.4 Å². The zero-order valence-electron chi connectivity index (χ0n) is 17.6. The van der Waals surface area contributed by atoms with E-state index in [1.165, 1.54) is 37.0 Å². The number of hydrogen-bond acceptors (Lipinski definition) is 5. The van der Waals surface area contributed by atoms with Crippen molar-refractivity contribution in [1.82, 2.24) is 14.5 Å². The van der Waals surface area contributed by atoms with Crippen molar-refractivity contribution in [2.45, 2.75) is 56.7 Å². The van der Waals surface area contributed by atoms with Crippen molar-refractivity contribution in [2.24, 2.45) is 5.92 Å². The molecular formula is C25H25N3O2S. The Morgan fingerprint density at radius 1 is 1.10 bits per heavy atom. The third kappa shape index (κ3) is 3.66. The molecule has 5 nitrogen and oxygen atoms in total. The maximum atomic E-state index is 13.1. The van der Waals surface area contributed by atoms with Gasteiger partial charge in [-0.05, 0) is 75.9 Å². The van der Waals surface area contributed by atoms with E-state index in [4.69, 9.17) is 4.74 Å². The van der Waals surface area contributed by atoms with Crippen LogP contribution in [-0.4, -0.2) is 39.7 Å². The van der Waals surface area contributed by atoms with Gasteiger partial charge in [-0.3, -0.25) is 9.36 Å². The monoisotopic (exact) mass is 431 g/mol. The Balaban J connectivity index is 1.21. The van der Waals surface area contributed by atoms with Gasteiger partial charge >= 0.3 is 0 Å². The minimum atomic E-state index is -0.0463. The molecule has 4 heterocycles. The van der Waals surface area contributed by atoms with Crippen molar-refractivity contribution in [1.29, 1.82) is 0 Å². The number of piperidine rings is 1. The molecule has 3 atom stereocenters. The van der Waals surface area contributed by atoms with E-state index in [0.29, 0.717) is 22.7 Å². The molecule has 1 aromatic carbocycles. The molecule has 31 heavy (non-hydrogen) atoms. The number of ether oxygens (including phenoxy) is 1. The predicted octanol–water partition coefficient (Wildman–Crippen LogP) is 4.21. The molecule has 6 heteroatoms. The summed E-state index contributed by atoms with van der Waals surface area (Å²) in [4.78, 5) is 21.0. The second-order valence-electron chi connectivity index (χ2n) is 9.04. The van der Waals surface area contributed by atoms with Crippen molar-refractivity contribution in [3.63, 3.8) is 0 Å². The summed E-state index contributed by atoms with van der Waals surface area (Å²) in [6, 6.07) is 11.0. The molecule has 3 fully saturated rings. The van der Waals surface area contributed by atoms with Gasteiger partial charge in [0.25, 0.3) is 5.56 Å². The van der Waals surface area contributed by atoms with E-state index >= 15 is 0 Å². The lowest BCUT2D eigenvalue weighted by molar-refractivity contribution is 0.0662. The first kappa shape index (κ1) is 19.1. The van der Waals surface area contributed by atoms with E-state index < -0.39 is 0 Å². The van der Waals surface area contributed by atoms with Crippen molar-refractivity contribution in [3.8, 4) is 23.3 Å². The Morgan fingerprint density at radius 2 is 1.84 bits per heavy atom. The van der Waals surface area contributed by atoms with Crippen LogP contribution in [0.25, 0.3) is 15.9 Å². The summed E-state index contributed by atoms with van der Waals surface area (Å²) in [5, 5.41) is 0. The summed E-state index contributed by atoms with van der Waals surface area (Å²) in [7, 11) is 2.24. The molecule has 0 N–H and O–H groups in total. The second-order valence-corrected chi connectivity index (χ2v) is 10.1. The number of benzene rings is 1. The lowest BCUT2D eigenvalue weighted by Crippen LogP contribution is -2.43. The van der Waals surface area contributed by atoms with Crippen LogP contribution in [0.3, 0.4) is 0 Å². The largest absolute Gasteiger partial charge is 0.490 e. The summed E-state index contributed by atoms with van der Waals surface area (Å²) < 4.78 is 8.55. The van der Waals surface area contributed by atoms with Crippen molar-refractivity contribution >= 4 is 21.6 Å². The van der Waals surface area contributed by atoms with Crippen LogP contribution in [0.5, 0.6) is 5.75 Å². The van der Waals surface area contributed by atoms with Gasteiger partial charge in [-0.25, -0.2) is 4.98 Å². The maximum Gasteiger partial charge on any atom is 0.275 e. The highest BCUT2D eigenvalue weighted by atomic mass is 32.1. The Morgan fingerprint density at radius 3 is 2.55 bits per heavy atom. The SMILES string of the molecule is CN1[C@@H]2CC[C@H]1CC(Oc1ccc(-n3cnc4cc(C#CC5CC5)sc4c3=O)cc1)C2. The molecule has 2 bridgehead atoms. The van der Waals surface area contributed by atoms with Crippen LogP contribution in [0.4, 0.5) is 0 Å². The number of rotatable bonds is 3. The highest BCUT2D eigenvalue weighted by Crippen LogP contribution is 2.36. The minimum Gasteiger partial charge on any atom is -0.490 e. The molecule has 0 amide bonds. The Kier molecular flexibility index (Phi) is 4.62. The highest BCUT2D eigenvalue weighted by Gasteiger charge is 2.39. The molecule has 1 unspecified atom stereocenters. The molecule has 2 saturated heterocycles. The van der Waals surface area contributed by atoms with Gasteiger partial charge in [0.2, 0.25) is 0 Å². The predicted molar refractivity (Wildman–Crippen MR) is 123 cm³/mol. The maximum absolute atomic E-state index is 13.1. The van der Waals surface area contributed by atoms with E-state index in [1.807, 2.05) is 30.3 Å².